The smallest absolute Gasteiger partial charge is 0.313 e. The van der Waals surface area contributed by atoms with Crippen LogP contribution in [0.2, 0.25) is 5.02 Å². The number of amides is 2. The van der Waals surface area contributed by atoms with Crippen LogP contribution in [0.5, 0.6) is 11.5 Å². The van der Waals surface area contributed by atoms with Crippen LogP contribution in [0.4, 0.5) is 5.69 Å². The molecule has 0 saturated heterocycles. The Hall–Kier alpha value is -2.73. The van der Waals surface area contributed by atoms with Crippen LogP contribution in [-0.4, -0.2) is 26.0 Å². The van der Waals surface area contributed by atoms with Crippen molar-refractivity contribution in [3.8, 4) is 11.5 Å². The standard InChI is InChI=1S/C19H21ClN2O4/c1-11-5-7-14(10-15(11)20)22-19(24)18(23)21-12(2)13-6-8-16(25-3)17(9-13)26-4/h5-10,12H,1-4H3,(H,21,23)(H,22,24). The lowest BCUT2D eigenvalue weighted by Gasteiger charge is -2.16. The second-order valence-corrected chi connectivity index (χ2v) is 6.13. The van der Waals surface area contributed by atoms with Crippen LogP contribution in [0.25, 0.3) is 0 Å². The molecule has 2 rings (SSSR count). The van der Waals surface area contributed by atoms with E-state index in [1.54, 1.807) is 50.4 Å². The highest BCUT2D eigenvalue weighted by molar-refractivity contribution is 6.40. The zero-order valence-electron chi connectivity index (χ0n) is 15.1. The van der Waals surface area contributed by atoms with Gasteiger partial charge < -0.3 is 20.1 Å². The van der Waals surface area contributed by atoms with Crippen molar-refractivity contribution in [1.82, 2.24) is 5.32 Å². The molecular formula is C19H21ClN2O4. The minimum absolute atomic E-state index is 0.394. The van der Waals surface area contributed by atoms with Crippen molar-refractivity contribution in [2.45, 2.75) is 19.9 Å². The molecule has 0 aromatic heterocycles. The molecule has 1 unspecified atom stereocenters. The van der Waals surface area contributed by atoms with Crippen LogP contribution in [0.15, 0.2) is 36.4 Å². The maximum Gasteiger partial charge on any atom is 0.313 e. The van der Waals surface area contributed by atoms with E-state index in [1.165, 1.54) is 7.11 Å². The fraction of sp³-hybridized carbons (Fsp3) is 0.263. The van der Waals surface area contributed by atoms with Gasteiger partial charge in [0.05, 0.1) is 20.3 Å². The van der Waals surface area contributed by atoms with E-state index < -0.39 is 17.9 Å². The maximum atomic E-state index is 12.1. The lowest BCUT2D eigenvalue weighted by Crippen LogP contribution is -2.36. The van der Waals surface area contributed by atoms with E-state index in [0.717, 1.165) is 11.1 Å². The second kappa shape index (κ2) is 8.58. The largest absolute Gasteiger partial charge is 0.493 e. The molecule has 7 heteroatoms. The summed E-state index contributed by atoms with van der Waals surface area (Å²) < 4.78 is 10.4. The highest BCUT2D eigenvalue weighted by Gasteiger charge is 2.18. The normalized spacial score (nSPS) is 11.4. The molecule has 0 bridgehead atoms. The number of hydrogen-bond acceptors (Lipinski definition) is 4. The predicted molar refractivity (Wildman–Crippen MR) is 101 cm³/mol. The van der Waals surface area contributed by atoms with Crippen molar-refractivity contribution in [2.24, 2.45) is 0 Å². The SMILES string of the molecule is COc1ccc(C(C)NC(=O)C(=O)Nc2ccc(C)c(Cl)c2)cc1OC. The maximum absolute atomic E-state index is 12.1. The summed E-state index contributed by atoms with van der Waals surface area (Å²) in [6.07, 6.45) is 0. The lowest BCUT2D eigenvalue weighted by atomic mass is 10.1. The zero-order chi connectivity index (χ0) is 19.3. The van der Waals surface area contributed by atoms with Crippen molar-refractivity contribution < 1.29 is 19.1 Å². The number of methoxy groups -OCH3 is 2. The van der Waals surface area contributed by atoms with Crippen molar-refractivity contribution in [3.63, 3.8) is 0 Å². The summed E-state index contributed by atoms with van der Waals surface area (Å²) >= 11 is 6.02. The summed E-state index contributed by atoms with van der Waals surface area (Å²) in [4.78, 5) is 24.2. The molecule has 138 valence electrons. The average Bonchev–Trinajstić information content (AvgIpc) is 2.63. The third kappa shape index (κ3) is 4.67. The quantitative estimate of drug-likeness (QED) is 0.783. The van der Waals surface area contributed by atoms with Crippen molar-refractivity contribution in [3.05, 3.63) is 52.5 Å². The Morgan fingerprint density at radius 1 is 1.00 bits per heavy atom. The molecule has 2 aromatic carbocycles. The van der Waals surface area contributed by atoms with Crippen LogP contribution < -0.4 is 20.1 Å². The summed E-state index contributed by atoms with van der Waals surface area (Å²) in [5.41, 5.74) is 2.12. The Kier molecular flexibility index (Phi) is 6.46. The van der Waals surface area contributed by atoms with E-state index in [4.69, 9.17) is 21.1 Å². The Labute approximate surface area is 157 Å². The third-order valence-electron chi connectivity index (χ3n) is 3.89. The number of carbonyl (C=O) groups is 2. The third-order valence-corrected chi connectivity index (χ3v) is 4.30. The molecule has 2 N–H and O–H groups in total. The van der Waals surface area contributed by atoms with E-state index in [0.29, 0.717) is 22.2 Å². The van der Waals surface area contributed by atoms with Crippen molar-refractivity contribution >= 4 is 29.1 Å². The van der Waals surface area contributed by atoms with E-state index in [-0.39, 0.29) is 0 Å². The van der Waals surface area contributed by atoms with Crippen LogP contribution in [0.1, 0.15) is 24.1 Å². The number of rotatable bonds is 5. The number of carbonyl (C=O) groups excluding carboxylic acids is 2. The Bertz CT molecular complexity index is 823. The van der Waals surface area contributed by atoms with Gasteiger partial charge in [0.25, 0.3) is 0 Å². The van der Waals surface area contributed by atoms with E-state index >= 15 is 0 Å². The number of hydrogen-bond donors (Lipinski definition) is 2. The average molecular weight is 377 g/mol. The first kappa shape index (κ1) is 19.6. The van der Waals surface area contributed by atoms with Crippen molar-refractivity contribution in [1.29, 1.82) is 0 Å². The molecule has 0 saturated carbocycles. The number of ether oxygens (including phenoxy) is 2. The first-order valence-corrected chi connectivity index (χ1v) is 8.33. The molecule has 0 spiro atoms. The van der Waals surface area contributed by atoms with Crippen molar-refractivity contribution in [2.75, 3.05) is 19.5 Å². The van der Waals surface area contributed by atoms with Gasteiger partial charge in [-0.1, -0.05) is 23.7 Å². The highest BCUT2D eigenvalue weighted by atomic mass is 35.5. The van der Waals surface area contributed by atoms with Gasteiger partial charge in [-0.15, -0.1) is 0 Å². The molecule has 0 heterocycles. The Balaban J connectivity index is 2.03. The number of benzene rings is 2. The number of anilines is 1. The van der Waals surface area contributed by atoms with Gasteiger partial charge >= 0.3 is 11.8 Å². The van der Waals surface area contributed by atoms with E-state index in [2.05, 4.69) is 10.6 Å². The van der Waals surface area contributed by atoms with Gasteiger partial charge in [-0.2, -0.15) is 0 Å². The fourth-order valence-corrected chi connectivity index (χ4v) is 2.51. The predicted octanol–water partition coefficient (Wildman–Crippen LogP) is 3.48. The summed E-state index contributed by atoms with van der Waals surface area (Å²) in [5, 5.41) is 5.69. The Morgan fingerprint density at radius 2 is 1.69 bits per heavy atom. The molecule has 26 heavy (non-hydrogen) atoms. The van der Waals surface area contributed by atoms with Crippen LogP contribution >= 0.6 is 11.6 Å². The monoisotopic (exact) mass is 376 g/mol. The van der Waals surface area contributed by atoms with Gasteiger partial charge in [0.2, 0.25) is 0 Å². The molecule has 6 nitrogen and oxygen atoms in total. The Morgan fingerprint density at radius 3 is 2.31 bits per heavy atom. The minimum Gasteiger partial charge on any atom is -0.493 e. The van der Waals surface area contributed by atoms with Crippen LogP contribution in [0.3, 0.4) is 0 Å². The first-order valence-electron chi connectivity index (χ1n) is 7.95. The molecule has 2 amide bonds. The molecule has 0 aliphatic rings. The summed E-state index contributed by atoms with van der Waals surface area (Å²) in [5.74, 6) is -0.380. The van der Waals surface area contributed by atoms with Crippen LogP contribution in [-0.2, 0) is 9.59 Å². The van der Waals surface area contributed by atoms with Gasteiger partial charge in [-0.3, -0.25) is 9.59 Å². The molecule has 0 radical (unpaired) electrons. The van der Waals surface area contributed by atoms with Gasteiger partial charge in [0, 0.05) is 10.7 Å². The molecule has 1 atom stereocenters. The van der Waals surface area contributed by atoms with Crippen LogP contribution in [0, 0.1) is 6.92 Å². The fourth-order valence-electron chi connectivity index (χ4n) is 2.33. The number of nitrogens with one attached hydrogen (secondary N) is 2. The lowest BCUT2D eigenvalue weighted by molar-refractivity contribution is -0.136. The van der Waals surface area contributed by atoms with Gasteiger partial charge in [-0.05, 0) is 49.2 Å². The molecule has 0 aliphatic heterocycles. The summed E-state index contributed by atoms with van der Waals surface area (Å²) in [6.45, 7) is 3.63. The molecule has 2 aromatic rings. The number of aryl methyl sites for hydroxylation is 1. The van der Waals surface area contributed by atoms with Gasteiger partial charge in [0.1, 0.15) is 0 Å². The highest BCUT2D eigenvalue weighted by Crippen LogP contribution is 2.29. The van der Waals surface area contributed by atoms with Gasteiger partial charge in [0.15, 0.2) is 11.5 Å². The molecular weight excluding hydrogens is 356 g/mol. The van der Waals surface area contributed by atoms with Gasteiger partial charge in [-0.25, -0.2) is 0 Å². The number of halogens is 1. The summed E-state index contributed by atoms with van der Waals surface area (Å²) in [7, 11) is 3.08. The minimum atomic E-state index is -0.766. The second-order valence-electron chi connectivity index (χ2n) is 5.73. The topological polar surface area (TPSA) is 76.7 Å². The molecule has 0 aliphatic carbocycles. The molecule has 0 fully saturated rings. The summed E-state index contributed by atoms with van der Waals surface area (Å²) in [6, 6.07) is 9.94. The zero-order valence-corrected chi connectivity index (χ0v) is 15.8. The first-order chi connectivity index (χ1) is 12.3. The van der Waals surface area contributed by atoms with E-state index in [1.807, 2.05) is 6.92 Å². The van der Waals surface area contributed by atoms with E-state index in [9.17, 15) is 9.59 Å².